The van der Waals surface area contributed by atoms with Gasteiger partial charge in [-0.3, -0.25) is 4.99 Å². The predicted octanol–water partition coefficient (Wildman–Crippen LogP) is 1.24. The maximum atomic E-state index is 4.71. The van der Waals surface area contributed by atoms with Crippen molar-refractivity contribution in [2.45, 2.75) is 25.8 Å². The summed E-state index contributed by atoms with van der Waals surface area (Å²) in [5.74, 6) is 2.93. The number of hydrogen-bond acceptors (Lipinski definition) is 3. The molecule has 0 amide bonds. The highest BCUT2D eigenvalue weighted by molar-refractivity contribution is 7.98. The highest BCUT2D eigenvalue weighted by Gasteiger charge is 2.32. The molecular formula is C13H28N4S. The van der Waals surface area contributed by atoms with E-state index in [4.69, 9.17) is 4.99 Å². The summed E-state index contributed by atoms with van der Waals surface area (Å²) >= 11 is 1.85. The summed E-state index contributed by atoms with van der Waals surface area (Å²) in [4.78, 5) is 7.02. The van der Waals surface area contributed by atoms with Crippen LogP contribution < -0.4 is 10.6 Å². The second-order valence-corrected chi connectivity index (χ2v) is 5.99. The van der Waals surface area contributed by atoms with E-state index >= 15 is 0 Å². The lowest BCUT2D eigenvalue weighted by Crippen LogP contribution is -2.40. The van der Waals surface area contributed by atoms with Gasteiger partial charge in [0.2, 0.25) is 0 Å². The third-order valence-corrected chi connectivity index (χ3v) is 3.82. The fraction of sp³-hybridized carbons (Fsp3) is 0.923. The molecule has 1 aliphatic rings. The average molecular weight is 272 g/mol. The van der Waals surface area contributed by atoms with Gasteiger partial charge in [0, 0.05) is 24.9 Å². The predicted molar refractivity (Wildman–Crippen MR) is 82.6 cm³/mol. The quantitative estimate of drug-likeness (QED) is 0.396. The first kappa shape index (κ1) is 15.6. The zero-order valence-corrected chi connectivity index (χ0v) is 13.0. The van der Waals surface area contributed by atoms with Crippen molar-refractivity contribution in [3.05, 3.63) is 0 Å². The Balaban J connectivity index is 2.41. The molecule has 1 aliphatic carbocycles. The van der Waals surface area contributed by atoms with Gasteiger partial charge >= 0.3 is 0 Å². The van der Waals surface area contributed by atoms with Crippen molar-refractivity contribution in [1.82, 2.24) is 15.5 Å². The van der Waals surface area contributed by atoms with Crippen molar-refractivity contribution < 1.29 is 0 Å². The lowest BCUT2D eigenvalue weighted by Gasteiger charge is -2.22. The molecule has 0 aromatic carbocycles. The van der Waals surface area contributed by atoms with Crippen LogP contribution in [0.1, 0.15) is 19.8 Å². The molecule has 2 N–H and O–H groups in total. The Kier molecular flexibility index (Phi) is 7.51. The van der Waals surface area contributed by atoms with Crippen LogP contribution in [0.25, 0.3) is 0 Å². The Labute approximate surface area is 116 Å². The van der Waals surface area contributed by atoms with Crippen molar-refractivity contribution in [2.75, 3.05) is 45.7 Å². The fourth-order valence-electron chi connectivity index (χ4n) is 2.01. The largest absolute Gasteiger partial charge is 0.357 e. The zero-order valence-electron chi connectivity index (χ0n) is 12.2. The third-order valence-electron chi connectivity index (χ3n) is 3.21. The Bertz CT molecular complexity index is 249. The van der Waals surface area contributed by atoms with Gasteiger partial charge in [-0.1, -0.05) is 0 Å². The van der Waals surface area contributed by atoms with Crippen LogP contribution in [-0.2, 0) is 0 Å². The van der Waals surface area contributed by atoms with Gasteiger partial charge in [0.15, 0.2) is 5.96 Å². The molecule has 0 aromatic rings. The third kappa shape index (κ3) is 5.96. The Morgan fingerprint density at radius 2 is 2.11 bits per heavy atom. The van der Waals surface area contributed by atoms with Crippen LogP contribution in [0.5, 0.6) is 0 Å². The van der Waals surface area contributed by atoms with Crippen LogP contribution in [0.15, 0.2) is 4.99 Å². The van der Waals surface area contributed by atoms with E-state index in [9.17, 15) is 0 Å². The highest BCUT2D eigenvalue weighted by Crippen LogP contribution is 2.34. The van der Waals surface area contributed by atoms with Gasteiger partial charge in [-0.2, -0.15) is 11.8 Å². The van der Waals surface area contributed by atoms with E-state index in [2.05, 4.69) is 42.8 Å². The lowest BCUT2D eigenvalue weighted by atomic mass is 10.2. The van der Waals surface area contributed by atoms with Gasteiger partial charge in [-0.25, -0.2) is 0 Å². The maximum absolute atomic E-state index is 4.71. The van der Waals surface area contributed by atoms with Gasteiger partial charge in [0.1, 0.15) is 0 Å². The van der Waals surface area contributed by atoms with Crippen LogP contribution in [0.4, 0.5) is 0 Å². The van der Waals surface area contributed by atoms with Crippen LogP contribution in [0.3, 0.4) is 0 Å². The summed E-state index contributed by atoms with van der Waals surface area (Å²) < 4.78 is 0. The minimum Gasteiger partial charge on any atom is -0.357 e. The molecule has 1 rings (SSSR count). The fourth-order valence-corrected chi connectivity index (χ4v) is 2.32. The normalized spacial score (nSPS) is 17.9. The van der Waals surface area contributed by atoms with Crippen molar-refractivity contribution in [3.63, 3.8) is 0 Å². The first-order valence-electron chi connectivity index (χ1n) is 6.86. The maximum Gasteiger partial charge on any atom is 0.191 e. The van der Waals surface area contributed by atoms with Gasteiger partial charge in [0.05, 0.1) is 6.54 Å². The summed E-state index contributed by atoms with van der Waals surface area (Å²) in [6.07, 6.45) is 4.87. The SMILES string of the molecule is CCNC(=NCC(C1CC1)N(C)C)NCCSC. The molecule has 18 heavy (non-hydrogen) atoms. The monoisotopic (exact) mass is 272 g/mol. The number of hydrogen-bond donors (Lipinski definition) is 2. The van der Waals surface area contributed by atoms with Crippen LogP contribution in [-0.4, -0.2) is 62.6 Å². The Morgan fingerprint density at radius 3 is 2.61 bits per heavy atom. The molecule has 0 heterocycles. The molecule has 0 radical (unpaired) electrons. The highest BCUT2D eigenvalue weighted by atomic mass is 32.2. The van der Waals surface area contributed by atoms with E-state index in [0.717, 1.165) is 37.3 Å². The summed E-state index contributed by atoms with van der Waals surface area (Å²) in [5.41, 5.74) is 0. The molecule has 0 saturated heterocycles. The number of thioether (sulfide) groups is 1. The molecular weight excluding hydrogens is 244 g/mol. The van der Waals surface area contributed by atoms with E-state index in [0.29, 0.717) is 6.04 Å². The number of rotatable bonds is 8. The molecule has 0 bridgehead atoms. The Hall–Kier alpha value is -0.420. The van der Waals surface area contributed by atoms with Crippen molar-refractivity contribution in [1.29, 1.82) is 0 Å². The summed E-state index contributed by atoms with van der Waals surface area (Å²) in [6, 6.07) is 0.598. The number of guanidine groups is 1. The molecule has 106 valence electrons. The number of nitrogens with one attached hydrogen (secondary N) is 2. The van der Waals surface area contributed by atoms with E-state index in [1.54, 1.807) is 0 Å². The smallest absolute Gasteiger partial charge is 0.191 e. The average Bonchev–Trinajstić information content (AvgIpc) is 3.13. The molecule has 5 heteroatoms. The lowest BCUT2D eigenvalue weighted by molar-refractivity contribution is 0.271. The molecule has 1 saturated carbocycles. The molecule has 1 fully saturated rings. The van der Waals surface area contributed by atoms with Crippen LogP contribution >= 0.6 is 11.8 Å². The number of likely N-dealkylation sites (N-methyl/N-ethyl adjacent to an activating group) is 1. The van der Waals surface area contributed by atoms with E-state index in [1.165, 1.54) is 12.8 Å². The minimum absolute atomic E-state index is 0.598. The molecule has 0 aromatic heterocycles. The Morgan fingerprint density at radius 1 is 1.39 bits per heavy atom. The van der Waals surface area contributed by atoms with Crippen LogP contribution in [0, 0.1) is 5.92 Å². The molecule has 4 nitrogen and oxygen atoms in total. The standard InChI is InChI=1S/C13H28N4S/c1-5-14-13(15-8-9-18-4)16-10-12(17(2)3)11-6-7-11/h11-12H,5-10H2,1-4H3,(H2,14,15,16). The van der Waals surface area contributed by atoms with E-state index < -0.39 is 0 Å². The van der Waals surface area contributed by atoms with Gasteiger partial charge in [-0.05, 0) is 46.0 Å². The van der Waals surface area contributed by atoms with Gasteiger partial charge < -0.3 is 15.5 Å². The summed E-state index contributed by atoms with van der Waals surface area (Å²) in [6.45, 7) is 4.90. The first-order chi connectivity index (χ1) is 8.69. The van der Waals surface area contributed by atoms with Crippen molar-refractivity contribution in [3.8, 4) is 0 Å². The van der Waals surface area contributed by atoms with Crippen molar-refractivity contribution >= 4 is 17.7 Å². The summed E-state index contributed by atoms with van der Waals surface area (Å²) in [7, 11) is 4.32. The molecule has 0 spiro atoms. The molecule has 1 unspecified atom stereocenters. The topological polar surface area (TPSA) is 39.7 Å². The van der Waals surface area contributed by atoms with Crippen molar-refractivity contribution in [2.24, 2.45) is 10.9 Å². The summed E-state index contributed by atoms with van der Waals surface area (Å²) in [5, 5.41) is 6.68. The zero-order chi connectivity index (χ0) is 13.4. The number of nitrogens with zero attached hydrogens (tertiary/aromatic N) is 2. The second-order valence-electron chi connectivity index (χ2n) is 5.01. The van der Waals surface area contributed by atoms with Gasteiger partial charge in [-0.15, -0.1) is 0 Å². The van der Waals surface area contributed by atoms with Gasteiger partial charge in [0.25, 0.3) is 0 Å². The van der Waals surface area contributed by atoms with E-state index in [-0.39, 0.29) is 0 Å². The molecule has 0 aliphatic heterocycles. The molecule has 1 atom stereocenters. The van der Waals surface area contributed by atoms with Crippen LogP contribution in [0.2, 0.25) is 0 Å². The van der Waals surface area contributed by atoms with E-state index in [1.807, 2.05) is 11.8 Å². The number of aliphatic imine (C=N–C) groups is 1. The second kappa shape index (κ2) is 8.64. The first-order valence-corrected chi connectivity index (χ1v) is 8.26. The minimum atomic E-state index is 0.598.